The predicted octanol–water partition coefficient (Wildman–Crippen LogP) is 2.94. The Morgan fingerprint density at radius 1 is 1.22 bits per heavy atom. The van der Waals surface area contributed by atoms with Crippen LogP contribution in [0.25, 0.3) is 11.1 Å². The average molecular weight is 243 g/mol. The third kappa shape index (κ3) is 3.44. The molecule has 2 rings (SSSR count). The molecule has 2 aromatic rings. The molecular formula is C15H21N3. The van der Waals surface area contributed by atoms with Crippen molar-refractivity contribution in [3.8, 4) is 11.1 Å². The second-order valence-corrected chi connectivity index (χ2v) is 4.67. The molecular weight excluding hydrogens is 222 g/mol. The number of hydrogen-bond acceptors (Lipinski definition) is 2. The van der Waals surface area contributed by atoms with Gasteiger partial charge in [-0.1, -0.05) is 37.3 Å². The van der Waals surface area contributed by atoms with Gasteiger partial charge in [0.15, 0.2) is 0 Å². The molecule has 0 radical (unpaired) electrons. The maximum absolute atomic E-state index is 4.42. The highest BCUT2D eigenvalue weighted by Gasteiger charge is 2.04. The molecule has 0 saturated carbocycles. The van der Waals surface area contributed by atoms with Gasteiger partial charge in [0.1, 0.15) is 0 Å². The quantitative estimate of drug-likeness (QED) is 0.845. The topological polar surface area (TPSA) is 29.9 Å². The largest absolute Gasteiger partial charge is 0.312 e. The fourth-order valence-electron chi connectivity index (χ4n) is 1.98. The molecule has 0 aliphatic rings. The number of rotatable bonds is 6. The van der Waals surface area contributed by atoms with Crippen molar-refractivity contribution in [2.24, 2.45) is 0 Å². The number of nitrogens with zero attached hydrogens (tertiary/aromatic N) is 2. The van der Waals surface area contributed by atoms with Gasteiger partial charge in [-0.3, -0.25) is 4.68 Å². The fraction of sp³-hybridized carbons (Fsp3) is 0.400. The summed E-state index contributed by atoms with van der Waals surface area (Å²) in [5.41, 5.74) is 2.40. The van der Waals surface area contributed by atoms with Crippen molar-refractivity contribution in [1.29, 1.82) is 0 Å². The summed E-state index contributed by atoms with van der Waals surface area (Å²) in [6, 6.07) is 10.8. The molecule has 0 saturated heterocycles. The third-order valence-corrected chi connectivity index (χ3v) is 2.94. The first-order chi connectivity index (χ1) is 8.79. The summed E-state index contributed by atoms with van der Waals surface area (Å²) in [6.45, 7) is 6.35. The van der Waals surface area contributed by atoms with Crippen LogP contribution >= 0.6 is 0 Å². The Hall–Kier alpha value is -1.61. The van der Waals surface area contributed by atoms with Crippen molar-refractivity contribution in [2.75, 3.05) is 6.54 Å². The van der Waals surface area contributed by atoms with Gasteiger partial charge in [0.25, 0.3) is 0 Å². The molecule has 18 heavy (non-hydrogen) atoms. The van der Waals surface area contributed by atoms with E-state index in [0.29, 0.717) is 6.04 Å². The van der Waals surface area contributed by atoms with E-state index >= 15 is 0 Å². The molecule has 1 atom stereocenters. The molecule has 0 aliphatic carbocycles. The van der Waals surface area contributed by atoms with Crippen LogP contribution in [0.2, 0.25) is 0 Å². The summed E-state index contributed by atoms with van der Waals surface area (Å²) >= 11 is 0. The highest BCUT2D eigenvalue weighted by atomic mass is 15.3. The first-order valence-corrected chi connectivity index (χ1v) is 6.61. The van der Waals surface area contributed by atoms with Crippen molar-refractivity contribution >= 4 is 0 Å². The lowest BCUT2D eigenvalue weighted by Gasteiger charge is -2.12. The third-order valence-electron chi connectivity index (χ3n) is 2.94. The zero-order valence-electron chi connectivity index (χ0n) is 11.1. The molecule has 0 fully saturated rings. The molecule has 1 N–H and O–H groups in total. The van der Waals surface area contributed by atoms with Crippen molar-refractivity contribution in [3.63, 3.8) is 0 Å². The molecule has 1 aromatic carbocycles. The van der Waals surface area contributed by atoms with Crippen molar-refractivity contribution in [3.05, 3.63) is 42.7 Å². The van der Waals surface area contributed by atoms with E-state index in [1.807, 2.05) is 16.9 Å². The van der Waals surface area contributed by atoms with Gasteiger partial charge in [0.2, 0.25) is 0 Å². The summed E-state index contributed by atoms with van der Waals surface area (Å²) in [5, 5.41) is 7.89. The minimum atomic E-state index is 0.452. The average Bonchev–Trinajstić information content (AvgIpc) is 2.86. The maximum Gasteiger partial charge on any atom is 0.0568 e. The molecule has 1 unspecified atom stereocenters. The molecule has 0 aliphatic heterocycles. The first kappa shape index (κ1) is 12.8. The molecule has 0 spiro atoms. The zero-order valence-corrected chi connectivity index (χ0v) is 11.1. The standard InChI is InChI=1S/C15H21N3/c1-3-9-16-13(2)11-18-12-15(10-17-18)14-7-5-4-6-8-14/h4-8,10,12-13,16H,3,9,11H2,1-2H3. The van der Waals surface area contributed by atoms with Crippen LogP contribution in [0.4, 0.5) is 0 Å². The van der Waals surface area contributed by atoms with E-state index in [4.69, 9.17) is 0 Å². The minimum absolute atomic E-state index is 0.452. The van der Waals surface area contributed by atoms with E-state index in [1.165, 1.54) is 17.5 Å². The van der Waals surface area contributed by atoms with Crippen LogP contribution in [0.5, 0.6) is 0 Å². The molecule has 1 heterocycles. The van der Waals surface area contributed by atoms with Crippen molar-refractivity contribution in [1.82, 2.24) is 15.1 Å². The van der Waals surface area contributed by atoms with Gasteiger partial charge in [0.05, 0.1) is 12.7 Å². The highest BCUT2D eigenvalue weighted by molar-refractivity contribution is 5.61. The normalized spacial score (nSPS) is 12.6. The summed E-state index contributed by atoms with van der Waals surface area (Å²) < 4.78 is 2.01. The summed E-state index contributed by atoms with van der Waals surface area (Å²) in [4.78, 5) is 0. The highest BCUT2D eigenvalue weighted by Crippen LogP contribution is 2.17. The number of aromatic nitrogens is 2. The van der Waals surface area contributed by atoms with E-state index in [-0.39, 0.29) is 0 Å². The number of benzene rings is 1. The molecule has 1 aromatic heterocycles. The van der Waals surface area contributed by atoms with Gasteiger partial charge in [-0.15, -0.1) is 0 Å². The van der Waals surface area contributed by atoms with E-state index in [9.17, 15) is 0 Å². The second kappa shape index (κ2) is 6.36. The van der Waals surface area contributed by atoms with Crippen LogP contribution in [0.3, 0.4) is 0 Å². The Morgan fingerprint density at radius 3 is 2.72 bits per heavy atom. The SMILES string of the molecule is CCCNC(C)Cn1cc(-c2ccccc2)cn1. The Morgan fingerprint density at radius 2 is 2.00 bits per heavy atom. The van der Waals surface area contributed by atoms with E-state index in [1.54, 1.807) is 0 Å². The lowest BCUT2D eigenvalue weighted by molar-refractivity contribution is 0.452. The smallest absolute Gasteiger partial charge is 0.0568 e. The Labute approximate surface area is 109 Å². The lowest BCUT2D eigenvalue weighted by atomic mass is 10.1. The van der Waals surface area contributed by atoms with Crippen LogP contribution in [-0.2, 0) is 6.54 Å². The van der Waals surface area contributed by atoms with Crippen LogP contribution in [-0.4, -0.2) is 22.4 Å². The minimum Gasteiger partial charge on any atom is -0.312 e. The van der Waals surface area contributed by atoms with Crippen LogP contribution < -0.4 is 5.32 Å². The van der Waals surface area contributed by atoms with E-state index < -0.39 is 0 Å². The molecule has 3 nitrogen and oxygen atoms in total. The van der Waals surface area contributed by atoms with Crippen molar-refractivity contribution < 1.29 is 0 Å². The summed E-state index contributed by atoms with van der Waals surface area (Å²) in [6.07, 6.45) is 5.21. The first-order valence-electron chi connectivity index (χ1n) is 6.61. The van der Waals surface area contributed by atoms with Gasteiger partial charge in [0, 0.05) is 17.8 Å². The van der Waals surface area contributed by atoms with E-state index in [2.05, 4.69) is 54.7 Å². The van der Waals surface area contributed by atoms with Crippen molar-refractivity contribution in [2.45, 2.75) is 32.9 Å². The van der Waals surface area contributed by atoms with Crippen LogP contribution in [0.15, 0.2) is 42.7 Å². The number of hydrogen-bond donors (Lipinski definition) is 1. The summed E-state index contributed by atoms with van der Waals surface area (Å²) in [7, 11) is 0. The van der Waals surface area contributed by atoms with Crippen LogP contribution in [0.1, 0.15) is 20.3 Å². The van der Waals surface area contributed by atoms with Crippen LogP contribution in [0, 0.1) is 0 Å². The van der Waals surface area contributed by atoms with E-state index in [0.717, 1.165) is 13.1 Å². The molecule has 96 valence electrons. The van der Waals surface area contributed by atoms with Gasteiger partial charge in [-0.05, 0) is 25.5 Å². The second-order valence-electron chi connectivity index (χ2n) is 4.67. The molecule has 0 amide bonds. The molecule has 3 heteroatoms. The van der Waals surface area contributed by atoms with Gasteiger partial charge in [-0.25, -0.2) is 0 Å². The lowest BCUT2D eigenvalue weighted by Crippen LogP contribution is -2.31. The van der Waals surface area contributed by atoms with Gasteiger partial charge in [-0.2, -0.15) is 5.10 Å². The molecule has 0 bridgehead atoms. The number of nitrogens with one attached hydrogen (secondary N) is 1. The Balaban J connectivity index is 1.98. The fourth-order valence-corrected chi connectivity index (χ4v) is 1.98. The summed E-state index contributed by atoms with van der Waals surface area (Å²) in [5.74, 6) is 0. The van der Waals surface area contributed by atoms with Gasteiger partial charge < -0.3 is 5.32 Å². The van der Waals surface area contributed by atoms with Gasteiger partial charge >= 0.3 is 0 Å². The maximum atomic E-state index is 4.42. The zero-order chi connectivity index (χ0) is 12.8. The Bertz CT molecular complexity index is 462. The monoisotopic (exact) mass is 243 g/mol. The Kier molecular flexibility index (Phi) is 4.53. The predicted molar refractivity (Wildman–Crippen MR) is 75.4 cm³/mol.